The standard InChI is InChI=1S/C39H69NO13/c1-15-28-21(4)32(50-26(9)41)22(5)30(42)19(2)17-38(10,46)35(53-37-31(43)27(40(12)13)16-20(3)48-37)23(6)33(24(7)36(45)51-28)52-29-18-39(11,47-14)34(44)25(8)49-29/h19-25,27-29,31-35,37,43-44,46H,15-18H2,1-14H3/t19-,20-,21+,22+,23+,24-,25+,27+,28-,29+,31-,32+,33+,34+,35-,37+,38-,39-/m1/s1. The van der Waals surface area contributed by atoms with E-state index in [0.717, 1.165) is 0 Å². The largest absolute Gasteiger partial charge is 0.462 e. The van der Waals surface area contributed by atoms with E-state index >= 15 is 0 Å². The third-order valence-corrected chi connectivity index (χ3v) is 12.0. The molecule has 3 N–H and O–H groups in total. The number of esters is 2. The summed E-state index contributed by atoms with van der Waals surface area (Å²) in [5.74, 6) is -5.27. The molecule has 0 bridgehead atoms. The number of aliphatic hydroxyl groups excluding tert-OH is 2. The zero-order valence-electron chi connectivity index (χ0n) is 34.4. The highest BCUT2D eigenvalue weighted by Crippen LogP contribution is 2.40. The van der Waals surface area contributed by atoms with Gasteiger partial charge in [-0.2, -0.15) is 0 Å². The second-order valence-electron chi connectivity index (χ2n) is 16.8. The van der Waals surface area contributed by atoms with Crippen LogP contribution in [0.5, 0.6) is 0 Å². The van der Waals surface area contributed by atoms with Gasteiger partial charge in [0.05, 0.1) is 47.5 Å². The Morgan fingerprint density at radius 1 is 0.925 bits per heavy atom. The summed E-state index contributed by atoms with van der Waals surface area (Å²) in [4.78, 5) is 42.6. The van der Waals surface area contributed by atoms with Crippen LogP contribution in [0.4, 0.5) is 0 Å². The van der Waals surface area contributed by atoms with Crippen molar-refractivity contribution in [2.24, 2.45) is 29.6 Å². The van der Waals surface area contributed by atoms with Gasteiger partial charge in [-0.1, -0.05) is 34.6 Å². The molecule has 0 aromatic heterocycles. The van der Waals surface area contributed by atoms with Crippen molar-refractivity contribution in [3.8, 4) is 0 Å². The lowest BCUT2D eigenvalue weighted by atomic mass is 9.74. The molecule has 0 amide bonds. The minimum atomic E-state index is -1.76. The number of aliphatic hydroxyl groups is 3. The van der Waals surface area contributed by atoms with Crippen molar-refractivity contribution in [3.63, 3.8) is 0 Å². The SMILES string of the molecule is CC[C@H]1OC(=O)[C@H](C)[C@@H](O[C@H]2C[C@@](C)(OC)[C@@H](O)[C@H](C)O2)[C@H](C)[C@@H](O[C@@H]2O[C@H](C)C[C@H](N(C)C)[C@H]2O)[C@](C)(O)C[C@@H](C)C(=O)[C@H](C)[C@@H](OC(C)=O)[C@H]1C. The molecule has 3 aliphatic rings. The fourth-order valence-electron chi connectivity index (χ4n) is 8.74. The first kappa shape index (κ1) is 45.6. The summed E-state index contributed by atoms with van der Waals surface area (Å²) < 4.78 is 43.3. The van der Waals surface area contributed by atoms with Gasteiger partial charge in [0.15, 0.2) is 12.6 Å². The van der Waals surface area contributed by atoms with Gasteiger partial charge in [-0.15, -0.1) is 0 Å². The highest BCUT2D eigenvalue weighted by Gasteiger charge is 2.52. The van der Waals surface area contributed by atoms with Crippen molar-refractivity contribution in [2.45, 2.75) is 181 Å². The van der Waals surface area contributed by atoms with Crippen LogP contribution < -0.4 is 0 Å². The molecular formula is C39H69NO13. The molecule has 0 aromatic carbocycles. The molecular weight excluding hydrogens is 690 g/mol. The summed E-state index contributed by atoms with van der Waals surface area (Å²) >= 11 is 0. The molecule has 3 heterocycles. The molecule has 0 unspecified atom stereocenters. The lowest BCUT2D eigenvalue weighted by Crippen LogP contribution is -2.60. The molecule has 3 fully saturated rings. The first-order valence-corrected chi connectivity index (χ1v) is 19.3. The maximum Gasteiger partial charge on any atom is 0.311 e. The number of hydrogen-bond donors (Lipinski definition) is 3. The number of ether oxygens (including phenoxy) is 7. The Labute approximate surface area is 316 Å². The van der Waals surface area contributed by atoms with Crippen LogP contribution in [0.3, 0.4) is 0 Å². The third-order valence-electron chi connectivity index (χ3n) is 12.0. The fourth-order valence-corrected chi connectivity index (χ4v) is 8.74. The van der Waals surface area contributed by atoms with Crippen LogP contribution >= 0.6 is 0 Å². The number of rotatable bonds is 8. The van der Waals surface area contributed by atoms with Gasteiger partial charge in [0, 0.05) is 44.2 Å². The van der Waals surface area contributed by atoms with Crippen molar-refractivity contribution in [2.75, 3.05) is 21.2 Å². The van der Waals surface area contributed by atoms with E-state index in [1.807, 2.05) is 32.8 Å². The molecule has 53 heavy (non-hydrogen) atoms. The van der Waals surface area contributed by atoms with Gasteiger partial charge in [0.25, 0.3) is 0 Å². The van der Waals surface area contributed by atoms with Gasteiger partial charge < -0.3 is 53.4 Å². The van der Waals surface area contributed by atoms with Crippen LogP contribution in [-0.4, -0.2) is 138 Å². The van der Waals surface area contributed by atoms with E-state index in [-0.39, 0.29) is 30.8 Å². The number of methoxy groups -OCH3 is 1. The predicted molar refractivity (Wildman–Crippen MR) is 194 cm³/mol. The minimum Gasteiger partial charge on any atom is -0.462 e. The van der Waals surface area contributed by atoms with Crippen LogP contribution in [0.1, 0.15) is 102 Å². The van der Waals surface area contributed by atoms with Gasteiger partial charge in [-0.05, 0) is 68.0 Å². The Morgan fingerprint density at radius 3 is 2.09 bits per heavy atom. The summed E-state index contributed by atoms with van der Waals surface area (Å²) in [5, 5.41) is 34.9. The molecule has 3 aliphatic heterocycles. The fraction of sp³-hybridized carbons (Fsp3) is 0.923. The molecule has 0 aliphatic carbocycles. The lowest BCUT2D eigenvalue weighted by Gasteiger charge is -2.49. The number of likely N-dealkylation sites (N-methyl/N-ethyl adjacent to an activating group) is 1. The quantitative estimate of drug-likeness (QED) is 0.307. The summed E-state index contributed by atoms with van der Waals surface area (Å²) in [5.41, 5.74) is -2.79. The normalized spacial score (nSPS) is 46.8. The molecule has 18 atom stereocenters. The van der Waals surface area contributed by atoms with E-state index in [0.29, 0.717) is 12.8 Å². The second-order valence-corrected chi connectivity index (χ2v) is 16.8. The van der Waals surface area contributed by atoms with Crippen LogP contribution in [0, 0.1) is 29.6 Å². The summed E-state index contributed by atoms with van der Waals surface area (Å²) in [7, 11) is 5.22. The van der Waals surface area contributed by atoms with Gasteiger partial charge in [0.1, 0.15) is 30.2 Å². The first-order valence-electron chi connectivity index (χ1n) is 19.3. The van der Waals surface area contributed by atoms with Crippen molar-refractivity contribution in [1.82, 2.24) is 4.90 Å². The van der Waals surface area contributed by atoms with Crippen LogP contribution in [-0.2, 0) is 47.5 Å². The van der Waals surface area contributed by atoms with E-state index in [2.05, 4.69) is 0 Å². The molecule has 0 spiro atoms. The van der Waals surface area contributed by atoms with E-state index in [9.17, 15) is 29.7 Å². The number of Topliss-reactive ketones (excluding diaryl/α,β-unsaturated/α-hetero) is 1. The average Bonchev–Trinajstić information content (AvgIpc) is 3.08. The van der Waals surface area contributed by atoms with E-state index in [1.54, 1.807) is 55.4 Å². The van der Waals surface area contributed by atoms with E-state index < -0.39 is 108 Å². The van der Waals surface area contributed by atoms with E-state index in [1.165, 1.54) is 14.0 Å². The molecule has 0 aromatic rings. The number of hydrogen-bond acceptors (Lipinski definition) is 14. The molecule has 0 radical (unpaired) electrons. The lowest BCUT2D eigenvalue weighted by molar-refractivity contribution is -0.317. The highest BCUT2D eigenvalue weighted by molar-refractivity contribution is 5.84. The Morgan fingerprint density at radius 2 is 1.55 bits per heavy atom. The number of nitrogens with zero attached hydrogens (tertiary/aromatic N) is 1. The zero-order valence-corrected chi connectivity index (χ0v) is 34.4. The topological polar surface area (TPSA) is 180 Å². The highest BCUT2D eigenvalue weighted by atomic mass is 16.7. The molecule has 14 nitrogen and oxygen atoms in total. The molecule has 308 valence electrons. The van der Waals surface area contributed by atoms with Crippen LogP contribution in [0.25, 0.3) is 0 Å². The summed E-state index contributed by atoms with van der Waals surface area (Å²) in [6.07, 6.45) is -8.01. The van der Waals surface area contributed by atoms with Crippen molar-refractivity contribution in [3.05, 3.63) is 0 Å². The smallest absolute Gasteiger partial charge is 0.311 e. The van der Waals surface area contributed by atoms with Crippen LogP contribution in [0.2, 0.25) is 0 Å². The van der Waals surface area contributed by atoms with Gasteiger partial charge in [-0.25, -0.2) is 0 Å². The maximum atomic E-state index is 14.2. The van der Waals surface area contributed by atoms with Gasteiger partial charge in [0.2, 0.25) is 0 Å². The van der Waals surface area contributed by atoms with E-state index in [4.69, 9.17) is 33.2 Å². The van der Waals surface area contributed by atoms with Crippen LogP contribution in [0.15, 0.2) is 0 Å². The Bertz CT molecular complexity index is 1230. The van der Waals surface area contributed by atoms with Crippen molar-refractivity contribution in [1.29, 1.82) is 0 Å². The first-order chi connectivity index (χ1) is 24.5. The monoisotopic (exact) mass is 759 g/mol. The van der Waals surface area contributed by atoms with Crippen molar-refractivity contribution < 1.29 is 62.9 Å². The predicted octanol–water partition coefficient (Wildman–Crippen LogP) is 3.24. The number of carbonyl (C=O) groups is 3. The third kappa shape index (κ3) is 10.6. The minimum absolute atomic E-state index is 0.0739. The summed E-state index contributed by atoms with van der Waals surface area (Å²) in [6.45, 7) is 18.7. The zero-order chi connectivity index (χ0) is 40.3. The maximum absolute atomic E-state index is 14.2. The second kappa shape index (κ2) is 18.5. The Balaban J connectivity index is 2.19. The summed E-state index contributed by atoms with van der Waals surface area (Å²) in [6, 6.07) is -0.314. The Hall–Kier alpha value is -1.75. The number of carbonyl (C=O) groups excluding carboxylic acids is 3. The molecule has 3 rings (SSSR count). The molecule has 14 heteroatoms. The van der Waals surface area contributed by atoms with Crippen molar-refractivity contribution >= 4 is 17.7 Å². The number of cyclic esters (lactones) is 1. The number of ketones is 1. The molecule has 0 saturated carbocycles. The van der Waals surface area contributed by atoms with Gasteiger partial charge in [-0.3, -0.25) is 14.4 Å². The molecule has 3 saturated heterocycles. The van der Waals surface area contributed by atoms with Gasteiger partial charge >= 0.3 is 11.9 Å². The Kier molecular flexibility index (Phi) is 15.9. The average molecular weight is 760 g/mol.